The summed E-state index contributed by atoms with van der Waals surface area (Å²) < 4.78 is 19.1. The second-order valence-corrected chi connectivity index (χ2v) is 6.70. The van der Waals surface area contributed by atoms with Crippen molar-refractivity contribution in [3.63, 3.8) is 0 Å². The fourth-order valence-electron chi connectivity index (χ4n) is 1.97. The van der Waals surface area contributed by atoms with Crippen molar-refractivity contribution in [2.45, 2.75) is 11.2 Å². The van der Waals surface area contributed by atoms with Gasteiger partial charge in [-0.15, -0.1) is 0 Å². The topological polar surface area (TPSA) is 9.23 Å². The van der Waals surface area contributed by atoms with E-state index in [0.717, 1.165) is 21.3 Å². The molecule has 1 unspecified atom stereocenters. The molecule has 2 rings (SSSR count). The fraction of sp³-hybridized carbons (Fsp3) is 0.200. The standard InChI is InChI=1S/C15H12Br2ClFO/c1-20-15-12(7-10(18)8-14(15)17)13(16)6-9-2-4-11(19)5-3-9/h2-5,7-8,13H,6H2,1H3. The minimum absolute atomic E-state index is 0.0258. The molecule has 0 aliphatic carbocycles. The first-order chi connectivity index (χ1) is 9.51. The van der Waals surface area contributed by atoms with Gasteiger partial charge in [-0.1, -0.05) is 39.7 Å². The molecular formula is C15H12Br2ClFO. The smallest absolute Gasteiger partial charge is 0.137 e. The minimum atomic E-state index is -0.233. The molecule has 0 bridgehead atoms. The molecule has 0 fully saturated rings. The third kappa shape index (κ3) is 3.74. The summed E-state index contributed by atoms with van der Waals surface area (Å²) in [6.45, 7) is 0. The van der Waals surface area contributed by atoms with E-state index in [4.69, 9.17) is 16.3 Å². The van der Waals surface area contributed by atoms with Gasteiger partial charge in [-0.05, 0) is 52.2 Å². The molecule has 0 N–H and O–H groups in total. The zero-order valence-electron chi connectivity index (χ0n) is 10.7. The van der Waals surface area contributed by atoms with E-state index in [1.807, 2.05) is 6.07 Å². The molecule has 0 saturated heterocycles. The van der Waals surface area contributed by atoms with Crippen LogP contribution >= 0.6 is 43.5 Å². The number of hydrogen-bond acceptors (Lipinski definition) is 1. The van der Waals surface area contributed by atoms with Gasteiger partial charge >= 0.3 is 0 Å². The highest BCUT2D eigenvalue weighted by molar-refractivity contribution is 9.10. The summed E-state index contributed by atoms with van der Waals surface area (Å²) in [6.07, 6.45) is 0.712. The molecule has 0 aromatic heterocycles. The molecule has 20 heavy (non-hydrogen) atoms. The lowest BCUT2D eigenvalue weighted by Crippen LogP contribution is -2.00. The number of methoxy groups -OCH3 is 1. The van der Waals surface area contributed by atoms with Crippen molar-refractivity contribution in [1.82, 2.24) is 0 Å². The summed E-state index contributed by atoms with van der Waals surface area (Å²) in [4.78, 5) is 0.0258. The largest absolute Gasteiger partial charge is 0.495 e. The zero-order chi connectivity index (χ0) is 14.7. The molecule has 1 nitrogen and oxygen atoms in total. The molecule has 0 amide bonds. The minimum Gasteiger partial charge on any atom is -0.495 e. The van der Waals surface area contributed by atoms with Crippen molar-refractivity contribution >= 4 is 43.5 Å². The van der Waals surface area contributed by atoms with Gasteiger partial charge in [0, 0.05) is 15.4 Å². The van der Waals surface area contributed by atoms with Crippen LogP contribution < -0.4 is 4.74 Å². The molecule has 0 aliphatic rings. The Morgan fingerprint density at radius 3 is 2.50 bits per heavy atom. The van der Waals surface area contributed by atoms with Gasteiger partial charge in [-0.3, -0.25) is 0 Å². The lowest BCUT2D eigenvalue weighted by atomic mass is 10.0. The van der Waals surface area contributed by atoms with Crippen LogP contribution in [0.3, 0.4) is 0 Å². The van der Waals surface area contributed by atoms with Crippen LogP contribution in [-0.2, 0) is 6.42 Å². The van der Waals surface area contributed by atoms with Gasteiger partial charge < -0.3 is 4.74 Å². The normalized spacial score (nSPS) is 12.2. The highest BCUT2D eigenvalue weighted by Crippen LogP contribution is 2.40. The Bertz CT molecular complexity index is 602. The molecule has 0 spiro atoms. The van der Waals surface area contributed by atoms with E-state index < -0.39 is 0 Å². The van der Waals surface area contributed by atoms with Gasteiger partial charge in [0.2, 0.25) is 0 Å². The summed E-state index contributed by atoms with van der Waals surface area (Å²) in [5.41, 5.74) is 1.99. The van der Waals surface area contributed by atoms with Crippen molar-refractivity contribution in [1.29, 1.82) is 0 Å². The Kier molecular flexibility index (Phi) is 5.47. The highest BCUT2D eigenvalue weighted by atomic mass is 79.9. The highest BCUT2D eigenvalue weighted by Gasteiger charge is 2.17. The van der Waals surface area contributed by atoms with E-state index in [1.165, 1.54) is 12.1 Å². The van der Waals surface area contributed by atoms with Gasteiger partial charge in [0.05, 0.1) is 11.6 Å². The summed E-state index contributed by atoms with van der Waals surface area (Å²) >= 11 is 13.2. The Balaban J connectivity index is 2.28. The van der Waals surface area contributed by atoms with Crippen molar-refractivity contribution < 1.29 is 9.13 Å². The van der Waals surface area contributed by atoms with Gasteiger partial charge in [0.15, 0.2) is 0 Å². The third-order valence-electron chi connectivity index (χ3n) is 2.91. The Morgan fingerprint density at radius 2 is 1.90 bits per heavy atom. The van der Waals surface area contributed by atoms with Gasteiger partial charge in [-0.25, -0.2) is 4.39 Å². The van der Waals surface area contributed by atoms with E-state index in [9.17, 15) is 4.39 Å². The second kappa shape index (κ2) is 6.92. The first kappa shape index (κ1) is 15.8. The monoisotopic (exact) mass is 420 g/mol. The number of benzene rings is 2. The molecule has 2 aromatic carbocycles. The van der Waals surface area contributed by atoms with Crippen LogP contribution in [0.1, 0.15) is 16.0 Å². The fourth-order valence-corrected chi connectivity index (χ4v) is 3.68. The molecule has 0 heterocycles. The second-order valence-electron chi connectivity index (χ2n) is 4.31. The first-order valence-corrected chi connectivity index (χ1v) is 8.01. The van der Waals surface area contributed by atoms with Gasteiger partial charge in [-0.2, -0.15) is 0 Å². The number of rotatable bonds is 4. The predicted molar refractivity (Wildman–Crippen MR) is 87.5 cm³/mol. The van der Waals surface area contributed by atoms with E-state index in [2.05, 4.69) is 31.9 Å². The van der Waals surface area contributed by atoms with Crippen LogP contribution in [0, 0.1) is 5.82 Å². The van der Waals surface area contributed by atoms with Crippen LogP contribution in [0.15, 0.2) is 40.9 Å². The van der Waals surface area contributed by atoms with Crippen LogP contribution in [0.4, 0.5) is 4.39 Å². The maximum Gasteiger partial charge on any atom is 0.137 e. The molecule has 0 saturated carbocycles. The lowest BCUT2D eigenvalue weighted by molar-refractivity contribution is 0.407. The van der Waals surface area contributed by atoms with Crippen LogP contribution in [0.2, 0.25) is 5.02 Å². The van der Waals surface area contributed by atoms with Gasteiger partial charge in [0.1, 0.15) is 11.6 Å². The Labute approximate surface area is 139 Å². The maximum atomic E-state index is 12.9. The summed E-state index contributed by atoms with van der Waals surface area (Å²) in [6, 6.07) is 10.1. The average Bonchev–Trinajstić information content (AvgIpc) is 2.40. The Hall–Kier alpha value is -0.580. The van der Waals surface area contributed by atoms with Crippen LogP contribution in [0.25, 0.3) is 0 Å². The van der Waals surface area contributed by atoms with Crippen LogP contribution in [-0.4, -0.2) is 7.11 Å². The maximum absolute atomic E-state index is 12.9. The number of hydrogen-bond donors (Lipinski definition) is 0. The van der Waals surface area contributed by atoms with Crippen molar-refractivity contribution in [3.8, 4) is 5.75 Å². The Morgan fingerprint density at radius 1 is 1.25 bits per heavy atom. The molecule has 1 atom stereocenters. The molecule has 2 aromatic rings. The zero-order valence-corrected chi connectivity index (χ0v) is 14.6. The van der Waals surface area contributed by atoms with Gasteiger partial charge in [0.25, 0.3) is 0 Å². The lowest BCUT2D eigenvalue weighted by Gasteiger charge is -2.16. The number of alkyl halides is 1. The summed E-state index contributed by atoms with van der Waals surface area (Å²) in [5, 5.41) is 0.635. The molecule has 5 heteroatoms. The first-order valence-electron chi connectivity index (χ1n) is 5.92. The number of halogens is 4. The SMILES string of the molecule is COc1c(Br)cc(Cl)cc1C(Br)Cc1ccc(F)cc1. The van der Waals surface area contributed by atoms with Crippen molar-refractivity contribution in [2.24, 2.45) is 0 Å². The molecular weight excluding hydrogens is 410 g/mol. The third-order valence-corrected chi connectivity index (χ3v) is 4.53. The summed E-state index contributed by atoms with van der Waals surface area (Å²) in [5.74, 6) is 0.515. The quantitative estimate of drug-likeness (QED) is 0.555. The molecule has 0 radical (unpaired) electrons. The van der Waals surface area contributed by atoms with E-state index in [-0.39, 0.29) is 10.6 Å². The average molecular weight is 423 g/mol. The van der Waals surface area contributed by atoms with Crippen molar-refractivity contribution in [2.75, 3.05) is 7.11 Å². The summed E-state index contributed by atoms with van der Waals surface area (Å²) in [7, 11) is 1.62. The molecule has 0 aliphatic heterocycles. The predicted octanol–water partition coefficient (Wildman–Crippen LogP) is 5.93. The molecule has 106 valence electrons. The number of ether oxygens (including phenoxy) is 1. The van der Waals surface area contributed by atoms with Crippen LogP contribution in [0.5, 0.6) is 5.75 Å². The van der Waals surface area contributed by atoms with E-state index in [1.54, 1.807) is 25.3 Å². The van der Waals surface area contributed by atoms with E-state index >= 15 is 0 Å². The van der Waals surface area contributed by atoms with E-state index in [0.29, 0.717) is 11.4 Å². The van der Waals surface area contributed by atoms with Crippen molar-refractivity contribution in [3.05, 3.63) is 62.8 Å².